The van der Waals surface area contributed by atoms with Crippen LogP contribution in [0.25, 0.3) is 0 Å². The summed E-state index contributed by atoms with van der Waals surface area (Å²) in [7, 11) is 0. The first-order valence-electron chi connectivity index (χ1n) is 4.53. The monoisotopic (exact) mass is 178 g/mol. The summed E-state index contributed by atoms with van der Waals surface area (Å²) >= 11 is 0. The molecule has 0 spiro atoms. The molecule has 0 saturated carbocycles. The molecule has 0 aliphatic rings. The Hall–Kier alpha value is -1.31. The predicted molar refractivity (Wildman–Crippen MR) is 59.4 cm³/mol. The van der Waals surface area contributed by atoms with Crippen LogP contribution in [0.1, 0.15) is 31.9 Å². The van der Waals surface area contributed by atoms with Gasteiger partial charge in [-0.15, -0.1) is 0 Å². The number of nitrogens with one attached hydrogen (secondary N) is 1. The molecule has 0 aromatic heterocycles. The zero-order chi connectivity index (χ0) is 10.4. The van der Waals surface area contributed by atoms with Crippen LogP contribution in [-0.4, -0.2) is 5.71 Å². The van der Waals surface area contributed by atoms with Gasteiger partial charge in [-0.05, 0) is 25.5 Å². The number of hydrogen-bond acceptors (Lipinski definition) is 2. The van der Waals surface area contributed by atoms with Gasteiger partial charge in [-0.25, -0.2) is 0 Å². The van der Waals surface area contributed by atoms with Crippen molar-refractivity contribution < 1.29 is 0 Å². The van der Waals surface area contributed by atoms with Gasteiger partial charge in [0.2, 0.25) is 0 Å². The average molecular weight is 178 g/mol. The number of nitrogens with two attached hydrogens (primary N) is 1. The lowest BCUT2D eigenvalue weighted by molar-refractivity contribution is 1.42. The molecule has 13 heavy (non-hydrogen) atoms. The van der Waals surface area contributed by atoms with Crippen LogP contribution in [0, 0.1) is 12.3 Å². The summed E-state index contributed by atoms with van der Waals surface area (Å²) in [6, 6.07) is 5.73. The summed E-state index contributed by atoms with van der Waals surface area (Å²) < 4.78 is 0. The predicted octanol–water partition coefficient (Wildman–Crippen LogP) is 2.99. The first-order chi connectivity index (χ1) is 6.11. The van der Waals surface area contributed by atoms with E-state index >= 15 is 0 Å². The molecule has 2 nitrogen and oxygen atoms in total. The van der Waals surface area contributed by atoms with Crippen LogP contribution in [0.15, 0.2) is 18.2 Å². The Kier molecular flexibility index (Phi) is 4.82. The molecular formula is C11H18N2. The van der Waals surface area contributed by atoms with Crippen molar-refractivity contribution in [2.24, 2.45) is 0 Å². The third kappa shape index (κ3) is 3.28. The molecule has 3 N–H and O–H groups in total. The van der Waals surface area contributed by atoms with Crippen molar-refractivity contribution in [3.8, 4) is 0 Å². The maximum Gasteiger partial charge on any atom is 0.0408 e. The molecule has 1 aromatic rings. The molecule has 1 rings (SSSR count). The highest BCUT2D eigenvalue weighted by Crippen LogP contribution is 2.13. The Balaban J connectivity index is 0.000000671. The van der Waals surface area contributed by atoms with Crippen LogP contribution in [0.3, 0.4) is 0 Å². The molecule has 0 atom stereocenters. The van der Waals surface area contributed by atoms with E-state index in [1.54, 1.807) is 6.92 Å². The van der Waals surface area contributed by atoms with Crippen LogP contribution in [0.4, 0.5) is 5.69 Å². The highest BCUT2D eigenvalue weighted by molar-refractivity contribution is 6.00. The zero-order valence-electron chi connectivity index (χ0n) is 8.81. The quantitative estimate of drug-likeness (QED) is 0.504. The fraction of sp³-hybridized carbons (Fsp3) is 0.364. The van der Waals surface area contributed by atoms with Crippen molar-refractivity contribution in [2.75, 3.05) is 5.73 Å². The van der Waals surface area contributed by atoms with E-state index in [1.165, 1.54) is 0 Å². The summed E-state index contributed by atoms with van der Waals surface area (Å²) in [6.45, 7) is 7.72. The maximum absolute atomic E-state index is 7.37. The summed E-state index contributed by atoms with van der Waals surface area (Å²) in [5.41, 5.74) is 8.85. The van der Waals surface area contributed by atoms with Crippen molar-refractivity contribution in [3.05, 3.63) is 29.3 Å². The second kappa shape index (κ2) is 5.36. The summed E-state index contributed by atoms with van der Waals surface area (Å²) in [5, 5.41) is 7.37. The minimum atomic E-state index is 0.516. The maximum atomic E-state index is 7.37. The van der Waals surface area contributed by atoms with Gasteiger partial charge in [-0.2, -0.15) is 0 Å². The van der Waals surface area contributed by atoms with E-state index < -0.39 is 0 Å². The molecule has 72 valence electrons. The lowest BCUT2D eigenvalue weighted by atomic mass is 10.1. The Morgan fingerprint density at radius 3 is 2.23 bits per heavy atom. The first-order valence-corrected chi connectivity index (χ1v) is 4.53. The van der Waals surface area contributed by atoms with E-state index in [-0.39, 0.29) is 0 Å². The molecule has 0 unspecified atom stereocenters. The highest BCUT2D eigenvalue weighted by Gasteiger charge is 1.99. The van der Waals surface area contributed by atoms with Gasteiger partial charge in [-0.1, -0.05) is 26.0 Å². The van der Waals surface area contributed by atoms with Crippen molar-refractivity contribution in [2.45, 2.75) is 27.7 Å². The first kappa shape index (κ1) is 11.7. The van der Waals surface area contributed by atoms with Gasteiger partial charge in [0, 0.05) is 17.0 Å². The van der Waals surface area contributed by atoms with E-state index in [1.807, 2.05) is 39.0 Å². The van der Waals surface area contributed by atoms with E-state index in [2.05, 4.69) is 0 Å². The number of hydrogen-bond donors (Lipinski definition) is 2. The van der Waals surface area contributed by atoms with Gasteiger partial charge in [0.15, 0.2) is 0 Å². The molecule has 1 aromatic carbocycles. The fourth-order valence-electron chi connectivity index (χ4n) is 1.02. The van der Waals surface area contributed by atoms with E-state index in [0.29, 0.717) is 11.4 Å². The Bertz CT molecular complexity index is 290. The number of aryl methyl sites for hydroxylation is 1. The van der Waals surface area contributed by atoms with Crippen molar-refractivity contribution in [1.29, 1.82) is 5.41 Å². The highest BCUT2D eigenvalue weighted by atomic mass is 14.6. The van der Waals surface area contributed by atoms with E-state index in [0.717, 1.165) is 11.1 Å². The molecule has 0 saturated heterocycles. The van der Waals surface area contributed by atoms with Gasteiger partial charge in [0.1, 0.15) is 0 Å². The van der Waals surface area contributed by atoms with E-state index in [9.17, 15) is 0 Å². The normalized spacial score (nSPS) is 8.62. The van der Waals surface area contributed by atoms with Crippen molar-refractivity contribution in [3.63, 3.8) is 0 Å². The molecule has 0 fully saturated rings. The van der Waals surface area contributed by atoms with Crippen LogP contribution in [0.2, 0.25) is 0 Å². The molecule has 0 aliphatic carbocycles. The Morgan fingerprint density at radius 1 is 1.31 bits per heavy atom. The van der Waals surface area contributed by atoms with Gasteiger partial charge in [-0.3, -0.25) is 0 Å². The lowest BCUT2D eigenvalue weighted by Gasteiger charge is -2.03. The smallest absolute Gasteiger partial charge is 0.0408 e. The molecule has 0 aliphatic heterocycles. The molecule has 0 radical (unpaired) electrons. The Morgan fingerprint density at radius 2 is 1.85 bits per heavy atom. The molecule has 2 heteroatoms. The second-order valence-corrected chi connectivity index (χ2v) is 2.72. The SMILES string of the molecule is CC.CC(=N)c1ccc(C)cc1N. The summed E-state index contributed by atoms with van der Waals surface area (Å²) in [5.74, 6) is 0. The second-order valence-electron chi connectivity index (χ2n) is 2.72. The standard InChI is InChI=1S/C9H12N2.C2H6/c1-6-3-4-8(7(2)10)9(11)5-6;1-2/h3-5,10H,11H2,1-2H3;1-2H3. The molecule has 0 heterocycles. The Labute approximate surface area is 80.3 Å². The lowest BCUT2D eigenvalue weighted by Crippen LogP contribution is -1.99. The minimum Gasteiger partial charge on any atom is -0.398 e. The molecule has 0 bridgehead atoms. The third-order valence-electron chi connectivity index (χ3n) is 1.61. The fourth-order valence-corrected chi connectivity index (χ4v) is 1.02. The van der Waals surface area contributed by atoms with Crippen LogP contribution < -0.4 is 5.73 Å². The zero-order valence-corrected chi connectivity index (χ0v) is 8.81. The number of anilines is 1. The van der Waals surface area contributed by atoms with Gasteiger partial charge >= 0.3 is 0 Å². The molecular weight excluding hydrogens is 160 g/mol. The minimum absolute atomic E-state index is 0.516. The molecule has 0 amide bonds. The average Bonchev–Trinajstić information content (AvgIpc) is 2.07. The van der Waals surface area contributed by atoms with Gasteiger partial charge in [0.05, 0.1) is 0 Å². The van der Waals surface area contributed by atoms with Gasteiger partial charge < -0.3 is 11.1 Å². The summed E-state index contributed by atoms with van der Waals surface area (Å²) in [6.07, 6.45) is 0. The topological polar surface area (TPSA) is 49.9 Å². The van der Waals surface area contributed by atoms with Crippen LogP contribution in [-0.2, 0) is 0 Å². The third-order valence-corrected chi connectivity index (χ3v) is 1.61. The van der Waals surface area contributed by atoms with Crippen molar-refractivity contribution in [1.82, 2.24) is 0 Å². The van der Waals surface area contributed by atoms with Crippen LogP contribution in [0.5, 0.6) is 0 Å². The van der Waals surface area contributed by atoms with Gasteiger partial charge in [0.25, 0.3) is 0 Å². The summed E-state index contributed by atoms with van der Waals surface area (Å²) in [4.78, 5) is 0. The number of nitrogen functional groups attached to an aromatic ring is 1. The van der Waals surface area contributed by atoms with E-state index in [4.69, 9.17) is 11.1 Å². The van der Waals surface area contributed by atoms with Crippen molar-refractivity contribution >= 4 is 11.4 Å². The largest absolute Gasteiger partial charge is 0.398 e. The number of benzene rings is 1. The van der Waals surface area contributed by atoms with Crippen LogP contribution >= 0.6 is 0 Å². The number of rotatable bonds is 1.